The van der Waals surface area contributed by atoms with E-state index in [1.165, 1.54) is 18.1 Å². The van der Waals surface area contributed by atoms with Crippen LogP contribution in [-0.4, -0.2) is 72.1 Å². The number of fused-ring (bicyclic) bond motifs is 1. The van der Waals surface area contributed by atoms with E-state index in [1.807, 2.05) is 0 Å². The standard InChI is InChI=1S/C15H21N5O5S/c16-7(15(23)24)1-2-26-4-8-11(21)12(22)13(25-8)6-3-18-10-9(6)19-5-20-14(10)17/h3,5,7-8,11-13,18,21-22H,1-2,4,16H2,(H,23,24)(H2,17,19,20)/t7-,8-,11-,12-,13?/m1/s1. The lowest BCUT2D eigenvalue weighted by Gasteiger charge is -2.14. The van der Waals surface area contributed by atoms with Crippen molar-refractivity contribution in [2.24, 2.45) is 5.73 Å². The monoisotopic (exact) mass is 383 g/mol. The van der Waals surface area contributed by atoms with E-state index >= 15 is 0 Å². The average molecular weight is 383 g/mol. The molecule has 0 saturated carbocycles. The van der Waals surface area contributed by atoms with Crippen LogP contribution in [0.1, 0.15) is 18.1 Å². The van der Waals surface area contributed by atoms with Gasteiger partial charge in [-0.3, -0.25) is 4.79 Å². The molecule has 1 aliphatic rings. The number of nitrogens with zero attached hydrogens (tertiary/aromatic N) is 2. The number of nitrogen functional groups attached to an aromatic ring is 1. The van der Waals surface area contributed by atoms with Crippen molar-refractivity contribution < 1.29 is 24.9 Å². The maximum Gasteiger partial charge on any atom is 0.320 e. The molecule has 2 aromatic rings. The Hall–Kier alpha value is -1.92. The summed E-state index contributed by atoms with van der Waals surface area (Å²) < 4.78 is 5.84. The minimum Gasteiger partial charge on any atom is -0.480 e. The number of carbonyl (C=O) groups is 1. The van der Waals surface area contributed by atoms with Crippen molar-refractivity contribution in [2.75, 3.05) is 17.2 Å². The Morgan fingerprint density at radius 1 is 1.38 bits per heavy atom. The first-order chi connectivity index (χ1) is 12.4. The van der Waals surface area contributed by atoms with Crippen LogP contribution in [0.5, 0.6) is 0 Å². The van der Waals surface area contributed by atoms with Crippen LogP contribution in [0.15, 0.2) is 12.5 Å². The molecule has 8 N–H and O–H groups in total. The Labute approximate surface area is 153 Å². The molecule has 10 nitrogen and oxygen atoms in total. The van der Waals surface area contributed by atoms with Crippen molar-refractivity contribution in [3.8, 4) is 0 Å². The lowest BCUT2D eigenvalue weighted by Crippen LogP contribution is -2.32. The first kappa shape index (κ1) is 18.9. The van der Waals surface area contributed by atoms with Gasteiger partial charge in [0.2, 0.25) is 0 Å². The van der Waals surface area contributed by atoms with Gasteiger partial charge >= 0.3 is 5.97 Å². The maximum atomic E-state index is 10.7. The molecule has 0 spiro atoms. The largest absolute Gasteiger partial charge is 0.480 e. The van der Waals surface area contributed by atoms with Gasteiger partial charge in [-0.2, -0.15) is 11.8 Å². The summed E-state index contributed by atoms with van der Waals surface area (Å²) in [5.41, 5.74) is 12.9. The number of thioether (sulfide) groups is 1. The molecule has 142 valence electrons. The minimum atomic E-state index is -1.11. The van der Waals surface area contributed by atoms with Gasteiger partial charge in [-0.1, -0.05) is 0 Å². The van der Waals surface area contributed by atoms with Crippen molar-refractivity contribution in [3.63, 3.8) is 0 Å². The van der Waals surface area contributed by atoms with E-state index in [0.717, 1.165) is 0 Å². The van der Waals surface area contributed by atoms with Crippen LogP contribution >= 0.6 is 11.8 Å². The molecule has 1 unspecified atom stereocenters. The molecule has 0 amide bonds. The van der Waals surface area contributed by atoms with Gasteiger partial charge in [-0.05, 0) is 12.2 Å². The normalized spacial score (nSPS) is 27.0. The highest BCUT2D eigenvalue weighted by atomic mass is 32.2. The van der Waals surface area contributed by atoms with Crippen LogP contribution in [-0.2, 0) is 9.53 Å². The van der Waals surface area contributed by atoms with E-state index < -0.39 is 36.4 Å². The third-order valence-electron chi connectivity index (χ3n) is 4.36. The topological polar surface area (TPSA) is 181 Å². The number of rotatable bonds is 7. The average Bonchev–Trinajstić information content (AvgIpc) is 3.15. The number of aliphatic hydroxyl groups excluding tert-OH is 2. The number of hydrogen-bond donors (Lipinski definition) is 6. The molecule has 26 heavy (non-hydrogen) atoms. The van der Waals surface area contributed by atoms with Crippen LogP contribution in [0.3, 0.4) is 0 Å². The van der Waals surface area contributed by atoms with Gasteiger partial charge in [0.25, 0.3) is 0 Å². The Morgan fingerprint density at radius 2 is 2.15 bits per heavy atom. The van der Waals surface area contributed by atoms with Gasteiger partial charge < -0.3 is 36.5 Å². The number of aliphatic carboxylic acids is 1. The number of carboxylic acid groups (broad SMARTS) is 1. The van der Waals surface area contributed by atoms with Crippen LogP contribution in [0.2, 0.25) is 0 Å². The van der Waals surface area contributed by atoms with Crippen molar-refractivity contribution >= 4 is 34.6 Å². The molecule has 3 heterocycles. The quantitative estimate of drug-likeness (QED) is 0.332. The first-order valence-corrected chi connectivity index (χ1v) is 9.20. The zero-order chi connectivity index (χ0) is 18.8. The molecular weight excluding hydrogens is 362 g/mol. The fourth-order valence-corrected chi connectivity index (χ4v) is 3.97. The number of ether oxygens (including phenoxy) is 1. The molecule has 0 bridgehead atoms. The summed E-state index contributed by atoms with van der Waals surface area (Å²) in [6, 6.07) is -0.911. The molecule has 5 atom stereocenters. The lowest BCUT2D eigenvalue weighted by atomic mass is 10.0. The van der Waals surface area contributed by atoms with E-state index in [0.29, 0.717) is 34.5 Å². The molecule has 1 fully saturated rings. The predicted octanol–water partition coefficient (Wildman–Crippen LogP) is -0.763. The minimum absolute atomic E-state index is 0.288. The number of carboxylic acids is 1. The summed E-state index contributed by atoms with van der Waals surface area (Å²) in [5.74, 6) is 0.160. The zero-order valence-electron chi connectivity index (χ0n) is 13.8. The molecule has 0 radical (unpaired) electrons. The number of H-pyrrole nitrogens is 1. The second-order valence-electron chi connectivity index (χ2n) is 6.11. The van der Waals surface area contributed by atoms with E-state index in [2.05, 4.69) is 15.0 Å². The van der Waals surface area contributed by atoms with Gasteiger partial charge in [-0.25, -0.2) is 9.97 Å². The van der Waals surface area contributed by atoms with Crippen LogP contribution in [0, 0.1) is 0 Å². The Balaban J connectivity index is 1.64. The third kappa shape index (κ3) is 3.62. The van der Waals surface area contributed by atoms with Crippen LogP contribution in [0.25, 0.3) is 11.0 Å². The van der Waals surface area contributed by atoms with Gasteiger partial charge in [0.1, 0.15) is 36.2 Å². The Morgan fingerprint density at radius 3 is 2.88 bits per heavy atom. The first-order valence-electron chi connectivity index (χ1n) is 8.05. The van der Waals surface area contributed by atoms with Crippen molar-refractivity contribution in [1.29, 1.82) is 0 Å². The summed E-state index contributed by atoms with van der Waals surface area (Å²) in [4.78, 5) is 21.7. The highest BCUT2D eigenvalue weighted by molar-refractivity contribution is 7.99. The molecule has 1 saturated heterocycles. The number of aliphatic hydroxyl groups is 2. The van der Waals surface area contributed by atoms with E-state index in [1.54, 1.807) is 6.20 Å². The van der Waals surface area contributed by atoms with Gasteiger partial charge in [0.15, 0.2) is 5.82 Å². The molecule has 2 aromatic heterocycles. The van der Waals surface area contributed by atoms with Crippen LogP contribution in [0.4, 0.5) is 5.82 Å². The maximum absolute atomic E-state index is 10.7. The number of anilines is 1. The summed E-state index contributed by atoms with van der Waals surface area (Å²) >= 11 is 1.41. The van der Waals surface area contributed by atoms with E-state index in [9.17, 15) is 15.0 Å². The fourth-order valence-electron chi connectivity index (χ4n) is 2.87. The highest BCUT2D eigenvalue weighted by Crippen LogP contribution is 2.38. The number of nitrogens with one attached hydrogen (secondary N) is 1. The number of nitrogens with two attached hydrogens (primary N) is 2. The predicted molar refractivity (Wildman–Crippen MR) is 95.5 cm³/mol. The lowest BCUT2D eigenvalue weighted by molar-refractivity contribution is -0.138. The SMILES string of the molecule is Nc1ncnc2c(C3O[C@H](CSCC[C@@H](N)C(=O)O)[C@@H](O)[C@H]3O)c[nH]c12. The molecule has 0 aliphatic carbocycles. The number of aromatic amines is 1. The van der Waals surface area contributed by atoms with Crippen LogP contribution < -0.4 is 11.5 Å². The summed E-state index contributed by atoms with van der Waals surface area (Å²) in [5, 5.41) is 29.4. The zero-order valence-corrected chi connectivity index (χ0v) is 14.6. The number of aromatic nitrogens is 3. The van der Waals surface area contributed by atoms with E-state index in [4.69, 9.17) is 21.3 Å². The Kier molecular flexibility index (Phi) is 5.63. The van der Waals surface area contributed by atoms with Crippen molar-refractivity contribution in [1.82, 2.24) is 15.0 Å². The summed E-state index contributed by atoms with van der Waals surface area (Å²) in [7, 11) is 0. The smallest absolute Gasteiger partial charge is 0.320 e. The summed E-state index contributed by atoms with van der Waals surface area (Å²) in [6.07, 6.45) is -0.247. The molecule has 1 aliphatic heterocycles. The molecule has 0 aromatic carbocycles. The van der Waals surface area contributed by atoms with Crippen molar-refractivity contribution in [3.05, 3.63) is 18.1 Å². The van der Waals surface area contributed by atoms with Crippen molar-refractivity contribution in [2.45, 2.75) is 36.9 Å². The second-order valence-corrected chi connectivity index (χ2v) is 7.26. The Bertz CT molecular complexity index is 787. The molecule has 3 rings (SSSR count). The van der Waals surface area contributed by atoms with E-state index in [-0.39, 0.29) is 5.82 Å². The second kappa shape index (κ2) is 7.76. The van der Waals surface area contributed by atoms with Gasteiger partial charge in [0.05, 0.1) is 11.6 Å². The number of hydrogen-bond acceptors (Lipinski definition) is 9. The molecule has 11 heteroatoms. The van der Waals surface area contributed by atoms with Gasteiger partial charge in [0, 0.05) is 17.5 Å². The third-order valence-corrected chi connectivity index (χ3v) is 5.45. The van der Waals surface area contributed by atoms with Gasteiger partial charge in [-0.15, -0.1) is 0 Å². The highest BCUT2D eigenvalue weighted by Gasteiger charge is 2.44. The molecular formula is C15H21N5O5S. The fraction of sp³-hybridized carbons (Fsp3) is 0.533. The summed E-state index contributed by atoms with van der Waals surface area (Å²) in [6.45, 7) is 0.